The van der Waals surface area contributed by atoms with Gasteiger partial charge in [-0.2, -0.15) is 15.4 Å². The van der Waals surface area contributed by atoms with Crippen molar-refractivity contribution in [2.45, 2.75) is 46.5 Å². The molecule has 0 amide bonds. The van der Waals surface area contributed by atoms with Crippen molar-refractivity contribution < 1.29 is 4.74 Å². The molecule has 4 nitrogen and oxygen atoms in total. The predicted molar refractivity (Wildman–Crippen MR) is 80.2 cm³/mol. The molecule has 0 aliphatic rings. The molecule has 1 unspecified atom stereocenters. The van der Waals surface area contributed by atoms with Crippen LogP contribution in [-0.2, 0) is 6.42 Å². The predicted octanol–water partition coefficient (Wildman–Crippen LogP) is 3.56. The van der Waals surface area contributed by atoms with Gasteiger partial charge in [0.05, 0.1) is 18.5 Å². The summed E-state index contributed by atoms with van der Waals surface area (Å²) >= 11 is 0. The van der Waals surface area contributed by atoms with Crippen molar-refractivity contribution >= 4 is 0 Å². The number of ether oxygens (including phenoxy) is 1. The van der Waals surface area contributed by atoms with Crippen LogP contribution in [0.5, 0.6) is 5.75 Å². The molecule has 1 heterocycles. The summed E-state index contributed by atoms with van der Waals surface area (Å²) in [7, 11) is 0. The minimum atomic E-state index is 0.467. The average Bonchev–Trinajstić information content (AvgIpc) is 2.95. The number of aromatic amines is 1. The minimum Gasteiger partial charge on any atom is -0.494 e. The van der Waals surface area contributed by atoms with Crippen molar-refractivity contribution in [1.82, 2.24) is 15.4 Å². The van der Waals surface area contributed by atoms with E-state index in [0.29, 0.717) is 12.5 Å². The van der Waals surface area contributed by atoms with E-state index in [0.717, 1.165) is 24.3 Å². The number of benzene rings is 1. The Morgan fingerprint density at radius 3 is 2.60 bits per heavy atom. The maximum atomic E-state index is 5.66. The molecule has 0 fully saturated rings. The molecular weight excluding hydrogens is 250 g/mol. The Labute approximate surface area is 120 Å². The Hall–Kier alpha value is -1.84. The first-order valence-electron chi connectivity index (χ1n) is 7.24. The van der Waals surface area contributed by atoms with Gasteiger partial charge in [-0.3, -0.25) is 0 Å². The van der Waals surface area contributed by atoms with Crippen LogP contribution in [0, 0.1) is 13.8 Å². The van der Waals surface area contributed by atoms with E-state index in [1.807, 2.05) is 6.92 Å². The Balaban J connectivity index is 2.28. The van der Waals surface area contributed by atoms with Crippen LogP contribution in [0.1, 0.15) is 48.6 Å². The molecule has 20 heavy (non-hydrogen) atoms. The number of nitrogens with one attached hydrogen (secondary N) is 1. The highest BCUT2D eigenvalue weighted by Gasteiger charge is 2.16. The topological polar surface area (TPSA) is 50.8 Å². The molecule has 1 aromatic heterocycles. The summed E-state index contributed by atoms with van der Waals surface area (Å²) in [5.41, 5.74) is 4.97. The third-order valence-corrected chi connectivity index (χ3v) is 3.93. The maximum absolute atomic E-state index is 5.66. The van der Waals surface area contributed by atoms with Crippen LogP contribution in [0.3, 0.4) is 0 Å². The zero-order valence-electron chi connectivity index (χ0n) is 12.7. The van der Waals surface area contributed by atoms with Gasteiger partial charge in [0.15, 0.2) is 0 Å². The van der Waals surface area contributed by atoms with Crippen LogP contribution in [-0.4, -0.2) is 22.0 Å². The summed E-state index contributed by atoms with van der Waals surface area (Å²) in [4.78, 5) is 0. The lowest BCUT2D eigenvalue weighted by Gasteiger charge is -2.20. The molecule has 0 bridgehead atoms. The zero-order chi connectivity index (χ0) is 14.5. The second-order valence-corrected chi connectivity index (χ2v) is 5.11. The second-order valence-electron chi connectivity index (χ2n) is 5.11. The maximum Gasteiger partial charge on any atom is 0.122 e. The lowest BCUT2D eigenvalue weighted by Crippen LogP contribution is -2.06. The Kier molecular flexibility index (Phi) is 4.77. The van der Waals surface area contributed by atoms with Crippen LogP contribution in [0.2, 0.25) is 0 Å². The number of nitrogens with zero attached hydrogens (tertiary/aromatic N) is 2. The van der Waals surface area contributed by atoms with E-state index in [2.05, 4.69) is 48.3 Å². The molecule has 2 rings (SSSR count). The largest absolute Gasteiger partial charge is 0.494 e. The van der Waals surface area contributed by atoms with Crippen LogP contribution in [0.25, 0.3) is 0 Å². The fourth-order valence-electron chi connectivity index (χ4n) is 2.62. The first kappa shape index (κ1) is 14.6. The van der Waals surface area contributed by atoms with Gasteiger partial charge in [-0.05, 0) is 62.3 Å². The molecule has 1 N–H and O–H groups in total. The van der Waals surface area contributed by atoms with E-state index in [1.54, 1.807) is 6.20 Å². The van der Waals surface area contributed by atoms with Crippen molar-refractivity contribution in [3.05, 3.63) is 40.7 Å². The highest BCUT2D eigenvalue weighted by Crippen LogP contribution is 2.32. The zero-order valence-corrected chi connectivity index (χ0v) is 12.7. The second kappa shape index (κ2) is 6.55. The quantitative estimate of drug-likeness (QED) is 0.875. The third kappa shape index (κ3) is 3.00. The summed E-state index contributed by atoms with van der Waals surface area (Å²) in [6.45, 7) is 9.25. The van der Waals surface area contributed by atoms with Crippen LogP contribution < -0.4 is 4.74 Å². The molecular formula is C16H23N3O. The van der Waals surface area contributed by atoms with Crippen LogP contribution in [0.15, 0.2) is 18.3 Å². The van der Waals surface area contributed by atoms with Crippen LogP contribution >= 0.6 is 0 Å². The molecule has 0 saturated carbocycles. The van der Waals surface area contributed by atoms with Gasteiger partial charge in [0.2, 0.25) is 0 Å². The summed E-state index contributed by atoms with van der Waals surface area (Å²) in [6, 6.07) is 4.29. The standard InChI is InChI=1S/C16H23N3O/c1-5-13(9-14-10-17-19-18-14)15-7-8-16(20-6-2)12(4)11(15)3/h7-8,10,13H,5-6,9H2,1-4H3,(H,17,18,19). The van der Waals surface area contributed by atoms with E-state index in [9.17, 15) is 0 Å². The van der Waals surface area contributed by atoms with Gasteiger partial charge in [-0.15, -0.1) is 0 Å². The van der Waals surface area contributed by atoms with Crippen molar-refractivity contribution in [1.29, 1.82) is 0 Å². The lowest BCUT2D eigenvalue weighted by molar-refractivity contribution is 0.337. The Morgan fingerprint density at radius 1 is 1.20 bits per heavy atom. The van der Waals surface area contributed by atoms with Crippen molar-refractivity contribution in [2.75, 3.05) is 6.61 Å². The molecule has 0 aliphatic heterocycles. The summed E-state index contributed by atoms with van der Waals surface area (Å²) < 4.78 is 5.66. The number of hydrogen-bond donors (Lipinski definition) is 1. The van der Waals surface area contributed by atoms with Gasteiger partial charge >= 0.3 is 0 Å². The normalized spacial score (nSPS) is 12.4. The van der Waals surface area contributed by atoms with Gasteiger partial charge in [0.25, 0.3) is 0 Å². The van der Waals surface area contributed by atoms with Crippen molar-refractivity contribution in [2.24, 2.45) is 0 Å². The summed E-state index contributed by atoms with van der Waals surface area (Å²) in [5, 5.41) is 10.7. The molecule has 2 aromatic rings. The third-order valence-electron chi connectivity index (χ3n) is 3.93. The van der Waals surface area contributed by atoms with Gasteiger partial charge in [0.1, 0.15) is 5.75 Å². The molecule has 0 aliphatic carbocycles. The highest BCUT2D eigenvalue weighted by molar-refractivity contribution is 5.45. The molecule has 0 saturated heterocycles. The first-order chi connectivity index (χ1) is 9.67. The monoisotopic (exact) mass is 273 g/mol. The van der Waals surface area contributed by atoms with Gasteiger partial charge in [0, 0.05) is 0 Å². The molecule has 0 spiro atoms. The van der Waals surface area contributed by atoms with E-state index in [-0.39, 0.29) is 0 Å². The summed E-state index contributed by atoms with van der Waals surface area (Å²) in [6.07, 6.45) is 3.81. The molecule has 1 aromatic carbocycles. The summed E-state index contributed by atoms with van der Waals surface area (Å²) in [5.74, 6) is 1.46. The first-order valence-corrected chi connectivity index (χ1v) is 7.24. The number of hydrogen-bond acceptors (Lipinski definition) is 3. The molecule has 4 heteroatoms. The fraction of sp³-hybridized carbons (Fsp3) is 0.500. The van der Waals surface area contributed by atoms with Gasteiger partial charge in [-0.25, -0.2) is 0 Å². The Morgan fingerprint density at radius 2 is 2.00 bits per heavy atom. The van der Waals surface area contributed by atoms with E-state index >= 15 is 0 Å². The van der Waals surface area contributed by atoms with Crippen molar-refractivity contribution in [3.63, 3.8) is 0 Å². The number of rotatable bonds is 6. The molecule has 108 valence electrons. The van der Waals surface area contributed by atoms with Crippen LogP contribution in [0.4, 0.5) is 0 Å². The van der Waals surface area contributed by atoms with Gasteiger partial charge < -0.3 is 4.74 Å². The van der Waals surface area contributed by atoms with Crippen molar-refractivity contribution in [3.8, 4) is 5.75 Å². The van der Waals surface area contributed by atoms with E-state index in [1.165, 1.54) is 16.7 Å². The smallest absolute Gasteiger partial charge is 0.122 e. The number of H-pyrrole nitrogens is 1. The number of aromatic nitrogens is 3. The molecule has 0 radical (unpaired) electrons. The average molecular weight is 273 g/mol. The molecule has 1 atom stereocenters. The van der Waals surface area contributed by atoms with E-state index in [4.69, 9.17) is 4.74 Å². The van der Waals surface area contributed by atoms with Gasteiger partial charge in [-0.1, -0.05) is 13.0 Å². The lowest BCUT2D eigenvalue weighted by atomic mass is 9.87. The highest BCUT2D eigenvalue weighted by atomic mass is 16.5. The Bertz CT molecular complexity index is 549. The fourth-order valence-corrected chi connectivity index (χ4v) is 2.62. The van der Waals surface area contributed by atoms with E-state index < -0.39 is 0 Å². The minimum absolute atomic E-state index is 0.467. The SMILES string of the molecule is CCOc1ccc(C(CC)Cc2cn[nH]n2)c(C)c1C.